The molecule has 3 nitrogen and oxygen atoms in total. The Labute approximate surface area is 169 Å². The summed E-state index contributed by atoms with van der Waals surface area (Å²) in [6.45, 7) is 1.90. The highest BCUT2D eigenvalue weighted by Gasteiger charge is 2.14. The minimum absolute atomic E-state index is 0.0869. The topological polar surface area (TPSA) is 52.9 Å². The van der Waals surface area contributed by atoms with Gasteiger partial charge in [0.2, 0.25) is 0 Å². The molecule has 4 heteroatoms. The second kappa shape index (κ2) is 9.59. The highest BCUT2D eigenvalue weighted by atomic mass is 32.2. The molecule has 3 aromatic carbocycles. The Morgan fingerprint density at radius 1 is 0.964 bits per heavy atom. The van der Waals surface area contributed by atoms with Crippen LogP contribution in [0.4, 0.5) is 0 Å². The van der Waals surface area contributed by atoms with Gasteiger partial charge >= 0.3 is 0 Å². The van der Waals surface area contributed by atoms with E-state index in [9.17, 15) is 10.1 Å². The Hall–Kier alpha value is -3.29. The van der Waals surface area contributed by atoms with Crippen molar-refractivity contribution in [1.29, 1.82) is 5.26 Å². The maximum absolute atomic E-state index is 12.6. The normalized spacial score (nSPS) is 12.1. The van der Waals surface area contributed by atoms with Crippen LogP contribution >= 0.6 is 11.8 Å². The molecule has 0 unspecified atom stereocenters. The quantitative estimate of drug-likeness (QED) is 0.443. The molecule has 0 heterocycles. The monoisotopic (exact) mass is 384 g/mol. The number of hydrogen-bond acceptors (Lipinski definition) is 3. The molecule has 3 rings (SSSR count). The molecule has 3 aromatic rings. The Balaban J connectivity index is 1.81. The van der Waals surface area contributed by atoms with E-state index in [4.69, 9.17) is 0 Å². The molecule has 1 atom stereocenters. The largest absolute Gasteiger partial charge is 0.345 e. The highest BCUT2D eigenvalue weighted by Crippen LogP contribution is 2.31. The minimum Gasteiger partial charge on any atom is -0.345 e. The van der Waals surface area contributed by atoms with Gasteiger partial charge in [-0.2, -0.15) is 5.26 Å². The average molecular weight is 385 g/mol. The summed E-state index contributed by atoms with van der Waals surface area (Å²) < 4.78 is 0. The third kappa shape index (κ3) is 5.12. The molecule has 138 valence electrons. The van der Waals surface area contributed by atoms with Crippen LogP contribution < -0.4 is 5.32 Å². The maximum atomic E-state index is 12.6. The smallest absolute Gasteiger partial charge is 0.262 e. The van der Waals surface area contributed by atoms with Crippen molar-refractivity contribution in [3.8, 4) is 6.07 Å². The number of nitrogens with zero attached hydrogens (tertiary/aromatic N) is 1. The van der Waals surface area contributed by atoms with Gasteiger partial charge in [0, 0.05) is 9.79 Å². The van der Waals surface area contributed by atoms with Crippen LogP contribution in [0.2, 0.25) is 0 Å². The summed E-state index contributed by atoms with van der Waals surface area (Å²) in [4.78, 5) is 14.7. The first-order chi connectivity index (χ1) is 13.7. The maximum Gasteiger partial charge on any atom is 0.262 e. The van der Waals surface area contributed by atoms with E-state index in [-0.39, 0.29) is 17.5 Å². The summed E-state index contributed by atoms with van der Waals surface area (Å²) in [5.74, 6) is -0.377. The van der Waals surface area contributed by atoms with Crippen LogP contribution in [0.15, 0.2) is 100 Å². The molecule has 0 aliphatic rings. The summed E-state index contributed by atoms with van der Waals surface area (Å²) in [5, 5.41) is 12.4. The molecular formula is C24H20N2OS. The molecule has 28 heavy (non-hydrogen) atoms. The Bertz CT molecular complexity index is 1010. The van der Waals surface area contributed by atoms with E-state index in [0.29, 0.717) is 0 Å². The second-order valence-corrected chi connectivity index (χ2v) is 7.34. The van der Waals surface area contributed by atoms with Crippen LogP contribution in [-0.4, -0.2) is 5.91 Å². The molecule has 0 aliphatic heterocycles. The van der Waals surface area contributed by atoms with Gasteiger partial charge in [0.1, 0.15) is 11.6 Å². The van der Waals surface area contributed by atoms with E-state index in [1.807, 2.05) is 97.9 Å². The van der Waals surface area contributed by atoms with Crippen molar-refractivity contribution >= 4 is 23.7 Å². The highest BCUT2D eigenvalue weighted by molar-refractivity contribution is 7.99. The third-order valence-corrected chi connectivity index (χ3v) is 5.30. The van der Waals surface area contributed by atoms with Crippen LogP contribution in [-0.2, 0) is 4.79 Å². The van der Waals surface area contributed by atoms with E-state index < -0.39 is 0 Å². The molecule has 0 fully saturated rings. The van der Waals surface area contributed by atoms with Crippen molar-refractivity contribution in [2.24, 2.45) is 0 Å². The zero-order chi connectivity index (χ0) is 19.8. The number of rotatable bonds is 6. The van der Waals surface area contributed by atoms with Gasteiger partial charge in [-0.3, -0.25) is 4.79 Å². The van der Waals surface area contributed by atoms with Gasteiger partial charge in [-0.25, -0.2) is 0 Å². The van der Waals surface area contributed by atoms with Gasteiger partial charge in [0.15, 0.2) is 0 Å². The van der Waals surface area contributed by atoms with Gasteiger partial charge < -0.3 is 5.32 Å². The van der Waals surface area contributed by atoms with Crippen LogP contribution in [0.3, 0.4) is 0 Å². The predicted molar refractivity (Wildman–Crippen MR) is 114 cm³/mol. The lowest BCUT2D eigenvalue weighted by molar-refractivity contribution is -0.117. The van der Waals surface area contributed by atoms with Crippen molar-refractivity contribution in [2.45, 2.75) is 22.8 Å². The molecule has 0 saturated carbocycles. The zero-order valence-electron chi connectivity index (χ0n) is 15.5. The SMILES string of the molecule is C[C@@H](NC(=O)/C(C#N)=C/c1ccccc1Sc1ccccc1)c1ccccc1. The Morgan fingerprint density at radius 2 is 1.57 bits per heavy atom. The fourth-order valence-corrected chi connectivity index (χ4v) is 3.65. The fraction of sp³-hybridized carbons (Fsp3) is 0.0833. The molecule has 0 aromatic heterocycles. The number of nitriles is 1. The van der Waals surface area contributed by atoms with Crippen molar-refractivity contribution in [1.82, 2.24) is 5.32 Å². The lowest BCUT2D eigenvalue weighted by Gasteiger charge is -2.14. The third-order valence-electron chi connectivity index (χ3n) is 4.20. The molecule has 0 radical (unpaired) electrons. The first kappa shape index (κ1) is 19.5. The summed E-state index contributed by atoms with van der Waals surface area (Å²) in [6.07, 6.45) is 1.65. The van der Waals surface area contributed by atoms with Crippen molar-refractivity contribution < 1.29 is 4.79 Å². The Kier molecular flexibility index (Phi) is 6.67. The summed E-state index contributed by atoms with van der Waals surface area (Å²) in [6, 6.07) is 29.3. The summed E-state index contributed by atoms with van der Waals surface area (Å²) in [5.41, 5.74) is 1.92. The van der Waals surface area contributed by atoms with E-state index >= 15 is 0 Å². The van der Waals surface area contributed by atoms with Gasteiger partial charge in [0.25, 0.3) is 5.91 Å². The van der Waals surface area contributed by atoms with Crippen molar-refractivity contribution in [3.05, 3.63) is 102 Å². The van der Waals surface area contributed by atoms with Crippen LogP contribution in [0, 0.1) is 11.3 Å². The number of benzene rings is 3. The summed E-state index contributed by atoms with van der Waals surface area (Å²) >= 11 is 1.60. The van der Waals surface area contributed by atoms with E-state index in [0.717, 1.165) is 20.9 Å². The van der Waals surface area contributed by atoms with Gasteiger partial charge in [-0.15, -0.1) is 0 Å². The number of hydrogen-bond donors (Lipinski definition) is 1. The van der Waals surface area contributed by atoms with Crippen molar-refractivity contribution in [3.63, 3.8) is 0 Å². The van der Waals surface area contributed by atoms with E-state index in [1.54, 1.807) is 17.8 Å². The molecule has 1 N–H and O–H groups in total. The van der Waals surface area contributed by atoms with Crippen LogP contribution in [0.1, 0.15) is 24.1 Å². The number of carbonyl (C=O) groups excluding carboxylic acids is 1. The molecule has 0 aliphatic carbocycles. The fourth-order valence-electron chi connectivity index (χ4n) is 2.71. The lowest BCUT2D eigenvalue weighted by Crippen LogP contribution is -2.27. The second-order valence-electron chi connectivity index (χ2n) is 6.23. The number of amides is 1. The van der Waals surface area contributed by atoms with Crippen molar-refractivity contribution in [2.75, 3.05) is 0 Å². The summed E-state index contributed by atoms with van der Waals surface area (Å²) in [7, 11) is 0. The van der Waals surface area contributed by atoms with Gasteiger partial charge in [-0.1, -0.05) is 78.5 Å². The Morgan fingerprint density at radius 3 is 2.25 bits per heavy atom. The van der Waals surface area contributed by atoms with Crippen LogP contribution in [0.5, 0.6) is 0 Å². The molecular weight excluding hydrogens is 364 g/mol. The predicted octanol–water partition coefficient (Wildman–Crippen LogP) is 5.62. The molecule has 1 amide bonds. The molecule has 0 bridgehead atoms. The zero-order valence-corrected chi connectivity index (χ0v) is 16.3. The lowest BCUT2D eigenvalue weighted by atomic mass is 10.1. The average Bonchev–Trinajstić information content (AvgIpc) is 2.74. The van der Waals surface area contributed by atoms with Gasteiger partial charge in [-0.05, 0) is 42.3 Å². The number of nitrogens with one attached hydrogen (secondary N) is 1. The standard InChI is InChI=1S/C24H20N2OS/c1-18(19-10-4-2-5-11-19)26-24(27)21(17-25)16-20-12-8-9-15-23(20)28-22-13-6-3-7-14-22/h2-16,18H,1H3,(H,26,27)/b21-16+/t18-/m1/s1. The molecule has 0 spiro atoms. The first-order valence-corrected chi connectivity index (χ1v) is 9.78. The van der Waals surface area contributed by atoms with Gasteiger partial charge in [0.05, 0.1) is 6.04 Å². The minimum atomic E-state index is -0.377. The number of carbonyl (C=O) groups is 1. The molecule has 0 saturated heterocycles. The first-order valence-electron chi connectivity index (χ1n) is 8.97. The van der Waals surface area contributed by atoms with E-state index in [2.05, 4.69) is 5.32 Å². The van der Waals surface area contributed by atoms with Crippen LogP contribution in [0.25, 0.3) is 6.08 Å². The van der Waals surface area contributed by atoms with E-state index in [1.165, 1.54) is 0 Å².